The molecule has 2 heterocycles. The standard InChI is InChI=1S/C27H39NO7/c1-16-10-9-13-27(5)21(35-27)14-19(25(33)28-18-11-7-6-8-12-18)34-22(30)15-20(29)26(3,4)24(32)17(2)23(16)31/h6-8,11-12,16-17,19-21,23,29,31H,9-10,13-15H2,1-5H3,(H,28,33)/t16-,17-,19+,20+,21+,23+,27-/m1/s1. The largest absolute Gasteiger partial charge is 0.452 e. The molecule has 2 aliphatic heterocycles. The lowest BCUT2D eigenvalue weighted by atomic mass is 9.73. The summed E-state index contributed by atoms with van der Waals surface area (Å²) >= 11 is 0. The minimum atomic E-state index is -1.33. The molecule has 1 aromatic carbocycles. The van der Waals surface area contributed by atoms with Crippen molar-refractivity contribution in [2.45, 2.75) is 96.7 Å². The van der Waals surface area contributed by atoms with Gasteiger partial charge in [0.2, 0.25) is 0 Å². The van der Waals surface area contributed by atoms with Crippen LogP contribution >= 0.6 is 0 Å². The second-order valence-electron chi connectivity index (χ2n) is 10.9. The van der Waals surface area contributed by atoms with Gasteiger partial charge in [-0.3, -0.25) is 14.4 Å². The summed E-state index contributed by atoms with van der Waals surface area (Å²) in [7, 11) is 0. The van der Waals surface area contributed by atoms with Crippen LogP contribution in [-0.4, -0.2) is 57.9 Å². The lowest BCUT2D eigenvalue weighted by Crippen LogP contribution is -2.46. The fraction of sp³-hybridized carbons (Fsp3) is 0.667. The number of aliphatic hydroxyl groups is 2. The third-order valence-corrected chi connectivity index (χ3v) is 7.74. The van der Waals surface area contributed by atoms with Crippen molar-refractivity contribution in [3.05, 3.63) is 30.3 Å². The molecule has 2 fully saturated rings. The number of anilines is 1. The molecule has 0 bridgehead atoms. The van der Waals surface area contributed by atoms with Crippen molar-refractivity contribution in [1.29, 1.82) is 0 Å². The van der Waals surface area contributed by atoms with Crippen LogP contribution < -0.4 is 5.32 Å². The van der Waals surface area contributed by atoms with E-state index in [4.69, 9.17) is 9.47 Å². The van der Waals surface area contributed by atoms with Crippen molar-refractivity contribution in [3.8, 4) is 0 Å². The highest BCUT2D eigenvalue weighted by atomic mass is 16.6. The summed E-state index contributed by atoms with van der Waals surface area (Å²) < 4.78 is 11.5. The quantitative estimate of drug-likeness (QED) is 0.430. The van der Waals surface area contributed by atoms with Gasteiger partial charge in [0.1, 0.15) is 5.78 Å². The third-order valence-electron chi connectivity index (χ3n) is 7.74. The number of nitrogens with one attached hydrogen (secondary N) is 1. The van der Waals surface area contributed by atoms with E-state index in [-0.39, 0.29) is 24.2 Å². The van der Waals surface area contributed by atoms with E-state index >= 15 is 0 Å². The molecular weight excluding hydrogens is 450 g/mol. The molecule has 0 saturated carbocycles. The number of amides is 1. The van der Waals surface area contributed by atoms with E-state index in [1.807, 2.05) is 19.9 Å². The molecule has 3 rings (SSSR count). The minimum absolute atomic E-state index is 0.120. The lowest BCUT2D eigenvalue weighted by Gasteiger charge is -2.34. The van der Waals surface area contributed by atoms with Gasteiger partial charge in [-0.2, -0.15) is 0 Å². The number of carbonyl (C=O) groups excluding carboxylic acids is 3. The maximum absolute atomic E-state index is 13.2. The number of esters is 1. The van der Waals surface area contributed by atoms with Gasteiger partial charge in [0, 0.05) is 18.0 Å². The van der Waals surface area contributed by atoms with Gasteiger partial charge in [0.25, 0.3) is 5.91 Å². The van der Waals surface area contributed by atoms with Crippen molar-refractivity contribution in [2.24, 2.45) is 17.3 Å². The number of carbonyl (C=O) groups is 3. The van der Waals surface area contributed by atoms with Crippen LogP contribution in [0.4, 0.5) is 5.69 Å². The van der Waals surface area contributed by atoms with Gasteiger partial charge in [-0.15, -0.1) is 0 Å². The molecule has 0 aromatic heterocycles. The number of rotatable bonds is 2. The smallest absolute Gasteiger partial charge is 0.309 e. The number of hydrogen-bond donors (Lipinski definition) is 3. The van der Waals surface area contributed by atoms with Crippen LogP contribution in [0.2, 0.25) is 0 Å². The summed E-state index contributed by atoms with van der Waals surface area (Å²) in [6.45, 7) is 8.66. The Morgan fingerprint density at radius 3 is 2.40 bits per heavy atom. The van der Waals surface area contributed by atoms with Crippen LogP contribution in [-0.2, 0) is 23.9 Å². The normalized spacial score (nSPS) is 36.5. The maximum Gasteiger partial charge on any atom is 0.309 e. The van der Waals surface area contributed by atoms with E-state index in [1.54, 1.807) is 45.0 Å². The Hall–Kier alpha value is -2.29. The topological polar surface area (TPSA) is 125 Å². The number of aliphatic hydroxyl groups excluding tert-OH is 2. The summed E-state index contributed by atoms with van der Waals surface area (Å²) in [5, 5.41) is 24.3. The Morgan fingerprint density at radius 1 is 1.09 bits per heavy atom. The first-order valence-corrected chi connectivity index (χ1v) is 12.5. The Balaban J connectivity index is 1.81. The van der Waals surface area contributed by atoms with Crippen LogP contribution in [0, 0.1) is 17.3 Å². The lowest BCUT2D eigenvalue weighted by molar-refractivity contribution is -0.159. The number of ketones is 1. The molecule has 2 saturated heterocycles. The second-order valence-corrected chi connectivity index (χ2v) is 10.9. The Morgan fingerprint density at radius 2 is 1.74 bits per heavy atom. The molecule has 3 N–H and O–H groups in total. The molecule has 0 radical (unpaired) electrons. The van der Waals surface area contributed by atoms with Gasteiger partial charge in [0.05, 0.1) is 35.7 Å². The van der Waals surface area contributed by atoms with Gasteiger partial charge in [0.15, 0.2) is 6.10 Å². The zero-order valence-corrected chi connectivity index (χ0v) is 21.3. The highest BCUT2D eigenvalue weighted by Crippen LogP contribution is 2.44. The van der Waals surface area contributed by atoms with E-state index in [0.717, 1.165) is 12.8 Å². The average molecular weight is 490 g/mol. The zero-order valence-electron chi connectivity index (χ0n) is 21.3. The van der Waals surface area contributed by atoms with Crippen LogP contribution in [0.5, 0.6) is 0 Å². The average Bonchev–Trinajstić information content (AvgIpc) is 3.45. The zero-order chi connectivity index (χ0) is 26.0. The number of epoxide rings is 1. The summed E-state index contributed by atoms with van der Waals surface area (Å²) in [6, 6.07) is 8.88. The molecule has 2 aliphatic rings. The van der Waals surface area contributed by atoms with Crippen molar-refractivity contribution in [3.63, 3.8) is 0 Å². The summed E-state index contributed by atoms with van der Waals surface area (Å²) in [4.78, 5) is 39.0. The van der Waals surface area contributed by atoms with Crippen molar-refractivity contribution < 1.29 is 34.1 Å². The van der Waals surface area contributed by atoms with Gasteiger partial charge in [-0.05, 0) is 37.8 Å². The number of ether oxygens (including phenoxy) is 2. The summed E-state index contributed by atoms with van der Waals surface area (Å²) in [5.74, 6) is -2.39. The van der Waals surface area contributed by atoms with Crippen LogP contribution in [0.25, 0.3) is 0 Å². The number of para-hydroxylation sites is 1. The van der Waals surface area contributed by atoms with E-state index in [1.165, 1.54) is 0 Å². The molecule has 0 spiro atoms. The predicted molar refractivity (Wildman–Crippen MR) is 130 cm³/mol. The molecule has 194 valence electrons. The molecule has 35 heavy (non-hydrogen) atoms. The van der Waals surface area contributed by atoms with E-state index in [9.17, 15) is 24.6 Å². The van der Waals surface area contributed by atoms with Crippen molar-refractivity contribution >= 4 is 23.3 Å². The molecule has 8 heteroatoms. The molecule has 8 nitrogen and oxygen atoms in total. The number of hydrogen-bond acceptors (Lipinski definition) is 7. The first-order valence-electron chi connectivity index (χ1n) is 12.5. The van der Waals surface area contributed by atoms with Crippen LogP contribution in [0.1, 0.15) is 66.7 Å². The highest BCUT2D eigenvalue weighted by Gasteiger charge is 2.53. The first kappa shape index (κ1) is 27.3. The van der Waals surface area contributed by atoms with E-state index in [2.05, 4.69) is 5.32 Å². The van der Waals surface area contributed by atoms with Gasteiger partial charge >= 0.3 is 5.97 Å². The van der Waals surface area contributed by atoms with Gasteiger partial charge in [-0.1, -0.05) is 52.3 Å². The number of fused-ring (bicyclic) bond motifs is 1. The molecular formula is C27H39NO7. The van der Waals surface area contributed by atoms with Crippen LogP contribution in [0.15, 0.2) is 30.3 Å². The molecule has 1 aromatic rings. The molecule has 7 atom stereocenters. The Bertz CT molecular complexity index is 917. The SMILES string of the molecule is C[C@@H]1CCC[C@@]2(C)O[C@H]2C[C@@H](C(=O)Nc2ccccc2)OC(=O)C[C@H](O)C(C)(C)C(=O)[C@H](C)[C@H]1O. The summed E-state index contributed by atoms with van der Waals surface area (Å²) in [5.41, 5.74) is -1.15. The van der Waals surface area contributed by atoms with E-state index < -0.39 is 53.5 Å². The number of benzene rings is 1. The van der Waals surface area contributed by atoms with E-state index in [0.29, 0.717) is 12.1 Å². The molecule has 1 amide bonds. The Kier molecular flexibility index (Phi) is 8.40. The maximum atomic E-state index is 13.2. The number of cyclic esters (lactones) is 1. The number of Topliss-reactive ketones (excluding diaryl/α,β-unsaturated/α-hetero) is 1. The monoisotopic (exact) mass is 489 g/mol. The van der Waals surface area contributed by atoms with Crippen LogP contribution in [0.3, 0.4) is 0 Å². The molecule has 0 unspecified atom stereocenters. The minimum Gasteiger partial charge on any atom is -0.452 e. The van der Waals surface area contributed by atoms with Gasteiger partial charge in [-0.25, -0.2) is 0 Å². The fourth-order valence-corrected chi connectivity index (χ4v) is 4.92. The fourth-order valence-electron chi connectivity index (χ4n) is 4.92. The summed E-state index contributed by atoms with van der Waals surface area (Å²) in [6.07, 6.45) is -1.60. The second kappa shape index (κ2) is 10.8. The Labute approximate surface area is 207 Å². The van der Waals surface area contributed by atoms with Gasteiger partial charge < -0.3 is 25.0 Å². The van der Waals surface area contributed by atoms with Crippen molar-refractivity contribution in [1.82, 2.24) is 0 Å². The predicted octanol–water partition coefficient (Wildman–Crippen LogP) is 3.25. The molecule has 0 aliphatic carbocycles. The first-order chi connectivity index (χ1) is 16.3. The highest BCUT2D eigenvalue weighted by molar-refractivity contribution is 5.95. The van der Waals surface area contributed by atoms with Crippen molar-refractivity contribution in [2.75, 3.05) is 5.32 Å². The third kappa shape index (κ3) is 6.48.